The summed E-state index contributed by atoms with van der Waals surface area (Å²) < 4.78 is 0. The molecule has 0 aliphatic heterocycles. The fourth-order valence-electron chi connectivity index (χ4n) is 2.14. The van der Waals surface area contributed by atoms with E-state index in [1.165, 1.54) is 5.69 Å². The number of rotatable bonds is 9. The van der Waals surface area contributed by atoms with Crippen molar-refractivity contribution in [2.75, 3.05) is 25.0 Å². The standard InChI is InChI=1S/C16H27N3O/c1-3-8-14(17)13-16(20)18-11-7-12-19(2)15-9-5-4-6-10-15/h4-6,9-10,14H,3,7-8,11-13,17H2,1-2H3,(H,18,20). The highest BCUT2D eigenvalue weighted by molar-refractivity contribution is 5.76. The Balaban J connectivity index is 2.14. The molecule has 0 bridgehead atoms. The molecule has 0 aliphatic carbocycles. The van der Waals surface area contributed by atoms with Crippen LogP contribution in [0.25, 0.3) is 0 Å². The fourth-order valence-corrected chi connectivity index (χ4v) is 2.14. The number of para-hydroxylation sites is 1. The molecule has 0 saturated carbocycles. The predicted molar refractivity (Wildman–Crippen MR) is 84.8 cm³/mol. The van der Waals surface area contributed by atoms with Crippen LogP contribution in [0.3, 0.4) is 0 Å². The van der Waals surface area contributed by atoms with E-state index in [1.54, 1.807) is 0 Å². The number of carbonyl (C=O) groups is 1. The summed E-state index contributed by atoms with van der Waals surface area (Å²) in [5.41, 5.74) is 7.04. The van der Waals surface area contributed by atoms with Gasteiger partial charge in [0.05, 0.1) is 0 Å². The molecule has 1 unspecified atom stereocenters. The largest absolute Gasteiger partial charge is 0.375 e. The number of nitrogens with one attached hydrogen (secondary N) is 1. The molecule has 4 heteroatoms. The molecule has 4 nitrogen and oxygen atoms in total. The molecule has 1 aromatic rings. The van der Waals surface area contributed by atoms with Crippen LogP contribution in [-0.4, -0.2) is 32.1 Å². The lowest BCUT2D eigenvalue weighted by molar-refractivity contribution is -0.121. The van der Waals surface area contributed by atoms with E-state index in [-0.39, 0.29) is 11.9 Å². The maximum absolute atomic E-state index is 11.6. The minimum atomic E-state index is -0.00741. The van der Waals surface area contributed by atoms with Crippen molar-refractivity contribution in [1.29, 1.82) is 0 Å². The summed E-state index contributed by atoms with van der Waals surface area (Å²) >= 11 is 0. The van der Waals surface area contributed by atoms with Gasteiger partial charge in [0.25, 0.3) is 0 Å². The zero-order valence-corrected chi connectivity index (χ0v) is 12.6. The molecule has 20 heavy (non-hydrogen) atoms. The number of benzene rings is 1. The summed E-state index contributed by atoms with van der Waals surface area (Å²) in [4.78, 5) is 13.8. The normalized spacial score (nSPS) is 11.9. The van der Waals surface area contributed by atoms with Crippen LogP contribution in [0.15, 0.2) is 30.3 Å². The van der Waals surface area contributed by atoms with E-state index >= 15 is 0 Å². The van der Waals surface area contributed by atoms with Crippen LogP contribution in [-0.2, 0) is 4.79 Å². The Hall–Kier alpha value is -1.55. The van der Waals surface area contributed by atoms with Crippen molar-refractivity contribution in [2.45, 2.75) is 38.6 Å². The molecule has 112 valence electrons. The molecule has 1 amide bonds. The Morgan fingerprint density at radius 1 is 1.35 bits per heavy atom. The van der Waals surface area contributed by atoms with Gasteiger partial charge in [-0.2, -0.15) is 0 Å². The summed E-state index contributed by atoms with van der Waals surface area (Å²) in [7, 11) is 2.06. The van der Waals surface area contributed by atoms with Crippen LogP contribution in [0.5, 0.6) is 0 Å². The smallest absolute Gasteiger partial charge is 0.221 e. The summed E-state index contributed by atoms with van der Waals surface area (Å²) in [6.07, 6.45) is 3.29. The van der Waals surface area contributed by atoms with Crippen molar-refractivity contribution in [3.63, 3.8) is 0 Å². The molecular weight excluding hydrogens is 250 g/mol. The van der Waals surface area contributed by atoms with Crippen molar-refractivity contribution in [2.24, 2.45) is 5.73 Å². The van der Waals surface area contributed by atoms with Gasteiger partial charge in [0.15, 0.2) is 0 Å². The number of nitrogens with two attached hydrogens (primary N) is 1. The lowest BCUT2D eigenvalue weighted by atomic mass is 10.1. The van der Waals surface area contributed by atoms with Crippen LogP contribution >= 0.6 is 0 Å². The molecule has 3 N–H and O–H groups in total. The third-order valence-corrected chi connectivity index (χ3v) is 3.30. The van der Waals surface area contributed by atoms with E-state index in [0.29, 0.717) is 13.0 Å². The van der Waals surface area contributed by atoms with Gasteiger partial charge in [-0.05, 0) is 25.0 Å². The molecule has 0 aromatic heterocycles. The average molecular weight is 277 g/mol. The third kappa shape index (κ3) is 6.57. The van der Waals surface area contributed by atoms with E-state index in [9.17, 15) is 4.79 Å². The number of nitrogens with zero attached hydrogens (tertiary/aromatic N) is 1. The van der Waals surface area contributed by atoms with Crippen molar-refractivity contribution in [3.05, 3.63) is 30.3 Å². The van der Waals surface area contributed by atoms with Crippen LogP contribution in [0.1, 0.15) is 32.6 Å². The number of anilines is 1. The highest BCUT2D eigenvalue weighted by Crippen LogP contribution is 2.10. The van der Waals surface area contributed by atoms with E-state index in [4.69, 9.17) is 5.73 Å². The van der Waals surface area contributed by atoms with Gasteiger partial charge in [-0.1, -0.05) is 31.5 Å². The van der Waals surface area contributed by atoms with E-state index in [0.717, 1.165) is 25.8 Å². The lowest BCUT2D eigenvalue weighted by Gasteiger charge is -2.19. The molecule has 0 radical (unpaired) electrons. The first-order valence-electron chi connectivity index (χ1n) is 7.42. The highest BCUT2D eigenvalue weighted by atomic mass is 16.1. The molecule has 0 spiro atoms. The maximum atomic E-state index is 11.6. The first kappa shape index (κ1) is 16.5. The SMILES string of the molecule is CCCC(N)CC(=O)NCCCN(C)c1ccccc1. The number of carbonyl (C=O) groups excluding carboxylic acids is 1. The maximum Gasteiger partial charge on any atom is 0.221 e. The first-order chi connectivity index (χ1) is 9.63. The third-order valence-electron chi connectivity index (χ3n) is 3.30. The Labute approximate surface area is 122 Å². The minimum Gasteiger partial charge on any atom is -0.375 e. The van der Waals surface area contributed by atoms with E-state index in [2.05, 4.69) is 36.3 Å². The summed E-state index contributed by atoms with van der Waals surface area (Å²) in [6, 6.07) is 10.2. The quantitative estimate of drug-likeness (QED) is 0.680. The Kier molecular flexibility index (Phi) is 7.73. The average Bonchev–Trinajstić information content (AvgIpc) is 2.44. The van der Waals surface area contributed by atoms with Crippen LogP contribution in [0.4, 0.5) is 5.69 Å². The zero-order chi connectivity index (χ0) is 14.8. The molecule has 0 saturated heterocycles. The molecule has 0 fully saturated rings. The van der Waals surface area contributed by atoms with Gasteiger partial charge in [0.1, 0.15) is 0 Å². The van der Waals surface area contributed by atoms with Gasteiger partial charge < -0.3 is 16.0 Å². The molecular formula is C16H27N3O. The molecule has 0 aliphatic rings. The topological polar surface area (TPSA) is 58.4 Å². The second-order valence-corrected chi connectivity index (χ2v) is 5.21. The molecule has 1 rings (SSSR count). The van der Waals surface area contributed by atoms with Gasteiger partial charge >= 0.3 is 0 Å². The second-order valence-electron chi connectivity index (χ2n) is 5.21. The van der Waals surface area contributed by atoms with Crippen LogP contribution in [0, 0.1) is 0 Å². The fraction of sp³-hybridized carbons (Fsp3) is 0.562. The van der Waals surface area contributed by atoms with Crippen molar-refractivity contribution >= 4 is 11.6 Å². The minimum absolute atomic E-state index is 0.00741. The summed E-state index contributed by atoms with van der Waals surface area (Å²) in [5, 5.41) is 2.93. The number of hydrogen-bond donors (Lipinski definition) is 2. The second kappa shape index (κ2) is 9.37. The van der Waals surface area contributed by atoms with Crippen molar-refractivity contribution < 1.29 is 4.79 Å². The van der Waals surface area contributed by atoms with Crippen LogP contribution in [0.2, 0.25) is 0 Å². The van der Waals surface area contributed by atoms with Gasteiger partial charge in [-0.3, -0.25) is 4.79 Å². The number of amides is 1. The Morgan fingerprint density at radius 3 is 2.70 bits per heavy atom. The predicted octanol–water partition coefficient (Wildman–Crippen LogP) is 2.15. The van der Waals surface area contributed by atoms with Crippen LogP contribution < -0.4 is 16.0 Å². The Bertz CT molecular complexity index is 381. The molecule has 1 aromatic carbocycles. The summed E-state index contributed by atoms with van der Waals surface area (Å²) in [5.74, 6) is 0.0633. The van der Waals surface area contributed by atoms with Gasteiger partial charge in [-0.25, -0.2) is 0 Å². The lowest BCUT2D eigenvalue weighted by Crippen LogP contribution is -2.33. The monoisotopic (exact) mass is 277 g/mol. The first-order valence-corrected chi connectivity index (χ1v) is 7.42. The highest BCUT2D eigenvalue weighted by Gasteiger charge is 2.08. The number of hydrogen-bond acceptors (Lipinski definition) is 3. The van der Waals surface area contributed by atoms with Gasteiger partial charge in [-0.15, -0.1) is 0 Å². The van der Waals surface area contributed by atoms with Gasteiger partial charge in [0.2, 0.25) is 5.91 Å². The zero-order valence-electron chi connectivity index (χ0n) is 12.6. The van der Waals surface area contributed by atoms with Crippen molar-refractivity contribution in [3.8, 4) is 0 Å². The van der Waals surface area contributed by atoms with E-state index in [1.807, 2.05) is 18.2 Å². The van der Waals surface area contributed by atoms with Gasteiger partial charge in [0, 0.05) is 38.3 Å². The van der Waals surface area contributed by atoms with Crippen molar-refractivity contribution in [1.82, 2.24) is 5.32 Å². The summed E-state index contributed by atoms with van der Waals surface area (Å²) in [6.45, 7) is 3.71. The Morgan fingerprint density at radius 2 is 2.05 bits per heavy atom. The molecule has 1 atom stereocenters. The van der Waals surface area contributed by atoms with E-state index < -0.39 is 0 Å². The molecule has 0 heterocycles.